The number of hydrogen-bond donors (Lipinski definition) is 2. The molecule has 4 aromatic rings. The molecule has 29 heavy (non-hydrogen) atoms. The monoisotopic (exact) mass is 385 g/mol. The molecule has 1 atom stereocenters. The number of H-pyrrole nitrogens is 1. The third kappa shape index (κ3) is 4.66. The van der Waals surface area contributed by atoms with Gasteiger partial charge in [0.05, 0.1) is 0 Å². The lowest BCUT2D eigenvalue weighted by atomic mass is 9.86. The van der Waals surface area contributed by atoms with Gasteiger partial charge in [0.1, 0.15) is 0 Å². The summed E-state index contributed by atoms with van der Waals surface area (Å²) in [6, 6.07) is 23.2. The Balaban J connectivity index is 1.61. The van der Waals surface area contributed by atoms with Gasteiger partial charge in [0.25, 0.3) is 0 Å². The molecule has 1 unspecified atom stereocenters. The van der Waals surface area contributed by atoms with Gasteiger partial charge in [0, 0.05) is 12.0 Å². The van der Waals surface area contributed by atoms with Crippen LogP contribution in [0.5, 0.6) is 0 Å². The Morgan fingerprint density at radius 1 is 1.00 bits per heavy atom. The molecule has 0 bridgehead atoms. The molecule has 6 nitrogen and oxygen atoms in total. The first-order chi connectivity index (χ1) is 14.2. The molecule has 4 rings (SSSR count). The van der Waals surface area contributed by atoms with Crippen molar-refractivity contribution in [3.05, 3.63) is 77.9 Å². The van der Waals surface area contributed by atoms with Gasteiger partial charge in [-0.2, -0.15) is 5.21 Å². The van der Waals surface area contributed by atoms with Gasteiger partial charge in [-0.1, -0.05) is 60.7 Å². The van der Waals surface area contributed by atoms with Crippen molar-refractivity contribution < 1.29 is 4.79 Å². The number of carbonyl (C=O) groups is 1. The summed E-state index contributed by atoms with van der Waals surface area (Å²) in [5, 5.41) is 16.8. The topological polar surface area (TPSA) is 97.5 Å². The molecule has 1 heterocycles. The van der Waals surface area contributed by atoms with Crippen molar-refractivity contribution in [2.75, 3.05) is 0 Å². The van der Waals surface area contributed by atoms with E-state index in [9.17, 15) is 4.79 Å². The fraction of sp³-hybridized carbons (Fsp3) is 0.217. The normalized spacial score (nSPS) is 12.1. The van der Waals surface area contributed by atoms with E-state index < -0.39 is 0 Å². The first kappa shape index (κ1) is 18.8. The highest BCUT2D eigenvalue weighted by Crippen LogP contribution is 2.30. The van der Waals surface area contributed by atoms with Crippen molar-refractivity contribution in [3.63, 3.8) is 0 Å². The molecule has 6 heteroatoms. The van der Waals surface area contributed by atoms with E-state index in [1.54, 1.807) is 0 Å². The molecule has 1 amide bonds. The van der Waals surface area contributed by atoms with Crippen LogP contribution in [0.15, 0.2) is 66.7 Å². The van der Waals surface area contributed by atoms with Crippen LogP contribution in [-0.2, 0) is 11.2 Å². The maximum Gasteiger partial charge on any atom is 0.217 e. The summed E-state index contributed by atoms with van der Waals surface area (Å²) in [5.74, 6) is 0.589. The van der Waals surface area contributed by atoms with Gasteiger partial charge in [-0.15, -0.1) is 10.2 Å². The standard InChI is InChI=1S/C23H23N5O/c24-22(29)10-4-8-19(14-16-11-12-17-5-1-2-6-18(17)13-16)20-7-3-9-21(15-20)23-25-27-28-26-23/h1-3,5-7,9,11-13,15,19H,4,8,10,14H2,(H2,24,29)(H,25,26,27,28). The van der Waals surface area contributed by atoms with E-state index in [1.165, 1.54) is 21.9 Å². The summed E-state index contributed by atoms with van der Waals surface area (Å²) in [7, 11) is 0. The minimum Gasteiger partial charge on any atom is -0.370 e. The fourth-order valence-electron chi connectivity index (χ4n) is 3.78. The van der Waals surface area contributed by atoms with E-state index in [1.807, 2.05) is 12.1 Å². The number of fused-ring (bicyclic) bond motifs is 1. The minimum atomic E-state index is -0.255. The SMILES string of the molecule is NC(=O)CCCC(Cc1ccc2ccccc2c1)c1cccc(-c2nn[nH]n2)c1. The number of amides is 1. The zero-order valence-corrected chi connectivity index (χ0v) is 16.1. The van der Waals surface area contributed by atoms with Crippen LogP contribution in [0.4, 0.5) is 0 Å². The van der Waals surface area contributed by atoms with Gasteiger partial charge in [0.15, 0.2) is 0 Å². The highest BCUT2D eigenvalue weighted by atomic mass is 16.1. The first-order valence-electron chi connectivity index (χ1n) is 9.79. The molecule has 0 saturated heterocycles. The number of nitrogens with two attached hydrogens (primary N) is 1. The van der Waals surface area contributed by atoms with Gasteiger partial charge in [-0.3, -0.25) is 4.79 Å². The third-order valence-corrected chi connectivity index (χ3v) is 5.23. The number of hydrogen-bond acceptors (Lipinski definition) is 4. The number of carbonyl (C=O) groups excluding carboxylic acids is 1. The molecular weight excluding hydrogens is 362 g/mol. The predicted octanol–water partition coefficient (Wildman–Crippen LogP) is 4.00. The van der Waals surface area contributed by atoms with Gasteiger partial charge < -0.3 is 5.73 Å². The van der Waals surface area contributed by atoms with Crippen molar-refractivity contribution in [1.82, 2.24) is 20.6 Å². The first-order valence-corrected chi connectivity index (χ1v) is 9.79. The van der Waals surface area contributed by atoms with Crippen LogP contribution in [0.25, 0.3) is 22.2 Å². The van der Waals surface area contributed by atoms with Crippen molar-refractivity contribution in [2.24, 2.45) is 5.73 Å². The second kappa shape index (κ2) is 8.65. The molecule has 0 radical (unpaired) electrons. The summed E-state index contributed by atoms with van der Waals surface area (Å²) < 4.78 is 0. The van der Waals surface area contributed by atoms with E-state index in [4.69, 9.17) is 5.73 Å². The van der Waals surface area contributed by atoms with Crippen LogP contribution in [-0.4, -0.2) is 26.5 Å². The van der Waals surface area contributed by atoms with Crippen LogP contribution >= 0.6 is 0 Å². The number of primary amides is 1. The lowest BCUT2D eigenvalue weighted by molar-refractivity contribution is -0.118. The number of aromatic amines is 1. The lowest BCUT2D eigenvalue weighted by Gasteiger charge is -2.18. The number of rotatable bonds is 8. The second-order valence-electron chi connectivity index (χ2n) is 7.30. The number of nitrogens with zero attached hydrogens (tertiary/aromatic N) is 3. The second-order valence-corrected chi connectivity index (χ2v) is 7.30. The number of aromatic nitrogens is 4. The molecule has 146 valence electrons. The zero-order valence-electron chi connectivity index (χ0n) is 16.1. The van der Waals surface area contributed by atoms with Gasteiger partial charge in [0.2, 0.25) is 11.7 Å². The lowest BCUT2D eigenvalue weighted by Crippen LogP contribution is -2.11. The van der Waals surface area contributed by atoms with Crippen LogP contribution in [0.2, 0.25) is 0 Å². The minimum absolute atomic E-state index is 0.255. The Bertz CT molecular complexity index is 1110. The molecule has 0 fully saturated rings. The Morgan fingerprint density at radius 2 is 1.86 bits per heavy atom. The summed E-state index contributed by atoms with van der Waals surface area (Å²) >= 11 is 0. The Kier molecular flexibility index (Phi) is 5.61. The molecule has 0 aliphatic heterocycles. The number of tetrazole rings is 1. The average Bonchev–Trinajstić information content (AvgIpc) is 3.28. The average molecular weight is 385 g/mol. The highest BCUT2D eigenvalue weighted by molar-refractivity contribution is 5.83. The maximum absolute atomic E-state index is 11.2. The maximum atomic E-state index is 11.2. The Hall–Kier alpha value is -3.54. The zero-order chi connectivity index (χ0) is 20.1. The van der Waals surface area contributed by atoms with Gasteiger partial charge in [-0.25, -0.2) is 0 Å². The van der Waals surface area contributed by atoms with Gasteiger partial charge >= 0.3 is 0 Å². The number of nitrogens with one attached hydrogen (secondary N) is 1. The molecule has 3 aromatic carbocycles. The molecule has 0 aliphatic rings. The van der Waals surface area contributed by atoms with E-state index in [2.05, 4.69) is 75.2 Å². The van der Waals surface area contributed by atoms with Crippen molar-refractivity contribution >= 4 is 16.7 Å². The van der Waals surface area contributed by atoms with Crippen molar-refractivity contribution in [2.45, 2.75) is 31.6 Å². The van der Waals surface area contributed by atoms with E-state index >= 15 is 0 Å². The summed E-state index contributed by atoms with van der Waals surface area (Å²) in [5.41, 5.74) is 8.75. The summed E-state index contributed by atoms with van der Waals surface area (Å²) in [6.45, 7) is 0. The third-order valence-electron chi connectivity index (χ3n) is 5.23. The van der Waals surface area contributed by atoms with E-state index in [0.29, 0.717) is 12.2 Å². The van der Waals surface area contributed by atoms with Crippen molar-refractivity contribution in [1.29, 1.82) is 0 Å². The highest BCUT2D eigenvalue weighted by Gasteiger charge is 2.15. The van der Waals surface area contributed by atoms with E-state index in [-0.39, 0.29) is 11.8 Å². The molecule has 0 saturated carbocycles. The predicted molar refractivity (Wildman–Crippen MR) is 113 cm³/mol. The van der Waals surface area contributed by atoms with E-state index in [0.717, 1.165) is 24.8 Å². The molecular formula is C23H23N5O. The van der Waals surface area contributed by atoms with Crippen LogP contribution in [0, 0.1) is 0 Å². The molecule has 0 spiro atoms. The quantitative estimate of drug-likeness (QED) is 0.479. The Labute approximate surface area is 169 Å². The number of benzene rings is 3. The van der Waals surface area contributed by atoms with Crippen molar-refractivity contribution in [3.8, 4) is 11.4 Å². The van der Waals surface area contributed by atoms with Crippen LogP contribution < -0.4 is 5.73 Å². The Morgan fingerprint density at radius 3 is 2.66 bits per heavy atom. The van der Waals surface area contributed by atoms with Gasteiger partial charge in [-0.05, 0) is 58.4 Å². The van der Waals surface area contributed by atoms with Crippen LogP contribution in [0.3, 0.4) is 0 Å². The smallest absolute Gasteiger partial charge is 0.217 e. The summed E-state index contributed by atoms with van der Waals surface area (Å²) in [4.78, 5) is 11.2. The molecule has 3 N–H and O–H groups in total. The summed E-state index contributed by atoms with van der Waals surface area (Å²) in [6.07, 6.45) is 2.93. The molecule has 1 aromatic heterocycles. The fourth-order valence-corrected chi connectivity index (χ4v) is 3.78. The van der Waals surface area contributed by atoms with Crippen LogP contribution in [0.1, 0.15) is 36.3 Å². The molecule has 0 aliphatic carbocycles. The largest absolute Gasteiger partial charge is 0.370 e.